The number of carbonyl (C=O) groups is 1. The minimum atomic E-state index is -1.19. The number of aromatic nitrogens is 2. The highest BCUT2D eigenvalue weighted by atomic mass is 19.1. The van der Waals surface area contributed by atoms with Gasteiger partial charge in [-0.05, 0) is 24.3 Å². The van der Waals surface area contributed by atoms with Crippen molar-refractivity contribution in [3.8, 4) is 11.6 Å². The van der Waals surface area contributed by atoms with Crippen LogP contribution in [-0.2, 0) is 4.79 Å². The van der Waals surface area contributed by atoms with Gasteiger partial charge in [-0.1, -0.05) is 0 Å². The molecule has 9 heteroatoms. The zero-order valence-corrected chi connectivity index (χ0v) is 11.2. The molecule has 2 rings (SSSR count). The van der Waals surface area contributed by atoms with Crippen molar-refractivity contribution >= 4 is 11.9 Å². The third-order valence-corrected chi connectivity index (χ3v) is 2.75. The lowest BCUT2D eigenvalue weighted by Crippen LogP contribution is -2.26. The highest BCUT2D eigenvalue weighted by Crippen LogP contribution is 2.27. The van der Waals surface area contributed by atoms with Gasteiger partial charge in [-0.15, -0.1) is 0 Å². The maximum absolute atomic E-state index is 12.9. The number of nitrogens with one attached hydrogen (secondary N) is 1. The van der Waals surface area contributed by atoms with Gasteiger partial charge in [0, 0.05) is 0 Å². The van der Waals surface area contributed by atoms with Gasteiger partial charge in [-0.25, -0.2) is 4.39 Å². The number of nitrogens with two attached hydrogens (primary N) is 2. The van der Waals surface area contributed by atoms with E-state index in [4.69, 9.17) is 16.2 Å². The Morgan fingerprint density at radius 3 is 2.59 bits per heavy atom. The van der Waals surface area contributed by atoms with Crippen molar-refractivity contribution in [2.45, 2.75) is 12.5 Å². The number of aromatic amines is 1. The lowest BCUT2D eigenvalue weighted by Gasteiger charge is -2.18. The summed E-state index contributed by atoms with van der Waals surface area (Å²) in [4.78, 5) is 28.8. The van der Waals surface area contributed by atoms with Crippen LogP contribution in [0.4, 0.5) is 10.3 Å². The van der Waals surface area contributed by atoms with Gasteiger partial charge >= 0.3 is 0 Å². The number of H-pyrrole nitrogens is 1. The van der Waals surface area contributed by atoms with E-state index in [1.807, 2.05) is 0 Å². The maximum atomic E-state index is 12.9. The highest BCUT2D eigenvalue weighted by molar-refractivity contribution is 5.74. The second kappa shape index (κ2) is 6.12. The molecule has 0 saturated carbocycles. The number of primary amides is 1. The van der Waals surface area contributed by atoms with Crippen LogP contribution in [0.25, 0.3) is 0 Å². The van der Waals surface area contributed by atoms with Crippen molar-refractivity contribution in [2.24, 2.45) is 5.73 Å². The van der Waals surface area contributed by atoms with Crippen molar-refractivity contribution in [3.05, 3.63) is 46.0 Å². The molecule has 0 radical (unpaired) electrons. The first kappa shape index (κ1) is 15.3. The lowest BCUT2D eigenvalue weighted by molar-refractivity contribution is -0.119. The zero-order valence-electron chi connectivity index (χ0n) is 11.2. The van der Waals surface area contributed by atoms with Gasteiger partial charge in [0.25, 0.3) is 5.56 Å². The first-order chi connectivity index (χ1) is 10.4. The van der Waals surface area contributed by atoms with E-state index >= 15 is 0 Å². The Labute approximate surface area is 123 Å². The summed E-state index contributed by atoms with van der Waals surface area (Å²) in [6.07, 6.45) is -1.58. The van der Waals surface area contributed by atoms with E-state index in [2.05, 4.69) is 9.97 Å². The smallest absolute Gasteiger partial charge is 0.263 e. The van der Waals surface area contributed by atoms with E-state index in [9.17, 15) is 19.1 Å². The van der Waals surface area contributed by atoms with E-state index in [0.29, 0.717) is 0 Å². The van der Waals surface area contributed by atoms with Crippen molar-refractivity contribution in [2.75, 3.05) is 5.73 Å². The highest BCUT2D eigenvalue weighted by Gasteiger charge is 2.25. The second-order valence-corrected chi connectivity index (χ2v) is 4.42. The number of halogens is 1. The molecule has 1 unspecified atom stereocenters. The number of rotatable bonds is 5. The van der Waals surface area contributed by atoms with Crippen molar-refractivity contribution < 1.29 is 19.0 Å². The first-order valence-electron chi connectivity index (χ1n) is 6.16. The monoisotopic (exact) mass is 308 g/mol. The van der Waals surface area contributed by atoms with Crippen LogP contribution in [0.3, 0.4) is 0 Å². The average Bonchev–Trinajstić information content (AvgIpc) is 2.39. The molecule has 0 fully saturated rings. The minimum Gasteiger partial charge on any atom is -0.493 e. The Bertz CT molecular complexity index is 745. The summed E-state index contributed by atoms with van der Waals surface area (Å²) in [6, 6.07) is 4.89. The van der Waals surface area contributed by atoms with E-state index < -0.39 is 29.3 Å². The third kappa shape index (κ3) is 3.51. The quantitative estimate of drug-likeness (QED) is 0.620. The third-order valence-electron chi connectivity index (χ3n) is 2.75. The van der Waals surface area contributed by atoms with Crippen LogP contribution >= 0.6 is 0 Å². The summed E-state index contributed by atoms with van der Waals surface area (Å²) >= 11 is 0. The second-order valence-electron chi connectivity index (χ2n) is 4.42. The van der Waals surface area contributed by atoms with Gasteiger partial charge < -0.3 is 21.3 Å². The number of anilines is 1. The van der Waals surface area contributed by atoms with Crippen LogP contribution in [0.2, 0.25) is 0 Å². The number of nitrogens with zero attached hydrogens (tertiary/aromatic N) is 1. The average molecular weight is 308 g/mol. The predicted molar refractivity (Wildman–Crippen MR) is 74.5 cm³/mol. The van der Waals surface area contributed by atoms with Gasteiger partial charge in [0.1, 0.15) is 23.2 Å². The minimum absolute atomic E-state index is 0.184. The number of hydrogen-bond acceptors (Lipinski definition) is 6. The predicted octanol–water partition coefficient (Wildman–Crippen LogP) is 0.192. The van der Waals surface area contributed by atoms with E-state index in [-0.39, 0.29) is 23.7 Å². The molecular weight excluding hydrogens is 295 g/mol. The molecule has 1 atom stereocenters. The van der Waals surface area contributed by atoms with E-state index in [1.54, 1.807) is 0 Å². The van der Waals surface area contributed by atoms with Gasteiger partial charge in [0.15, 0.2) is 0 Å². The molecule has 116 valence electrons. The summed E-state index contributed by atoms with van der Waals surface area (Å²) in [5, 5.41) is 9.77. The molecule has 6 N–H and O–H groups in total. The molecule has 1 aromatic carbocycles. The summed E-state index contributed by atoms with van der Waals surface area (Å²) in [5.74, 6) is -2.01. The topological polar surface area (TPSA) is 144 Å². The molecule has 1 heterocycles. The largest absolute Gasteiger partial charge is 0.493 e. The van der Waals surface area contributed by atoms with Crippen LogP contribution in [-0.4, -0.2) is 21.0 Å². The van der Waals surface area contributed by atoms with E-state index in [1.165, 1.54) is 12.1 Å². The Kier molecular flexibility index (Phi) is 4.25. The van der Waals surface area contributed by atoms with Gasteiger partial charge in [0.2, 0.25) is 17.7 Å². The summed E-state index contributed by atoms with van der Waals surface area (Å²) in [5.41, 5.74) is 9.36. The summed E-state index contributed by atoms with van der Waals surface area (Å²) in [7, 11) is 0. The fourth-order valence-electron chi connectivity index (χ4n) is 1.84. The van der Waals surface area contributed by atoms with Crippen LogP contribution < -0.4 is 21.8 Å². The Morgan fingerprint density at radius 1 is 1.41 bits per heavy atom. The van der Waals surface area contributed by atoms with Gasteiger partial charge in [0.05, 0.1) is 6.42 Å². The maximum Gasteiger partial charge on any atom is 0.263 e. The molecule has 0 bridgehead atoms. The van der Waals surface area contributed by atoms with Crippen LogP contribution in [0, 0.1) is 5.82 Å². The molecule has 1 amide bonds. The number of hydrogen-bond donors (Lipinski definition) is 4. The molecule has 8 nitrogen and oxygen atoms in total. The fraction of sp³-hybridized carbons (Fsp3) is 0.154. The van der Waals surface area contributed by atoms with Crippen molar-refractivity contribution in [1.29, 1.82) is 0 Å². The Hall–Kier alpha value is -3.10. The standard InChI is InChI=1S/C13H13FN4O4/c14-6-1-3-7(4-2-6)22-8(5-9(15)19)10-11(20)17-13(16)18-12(10)21/h1-4,8H,5H2,(H2,15,19)(H4,16,17,18,20,21). The molecule has 2 aromatic rings. The molecule has 0 aliphatic carbocycles. The lowest BCUT2D eigenvalue weighted by atomic mass is 10.1. The number of ether oxygens (including phenoxy) is 1. The SMILES string of the molecule is NC(=O)CC(Oc1ccc(F)cc1)c1c(O)nc(N)[nH]c1=O. The molecule has 0 aliphatic rings. The number of amides is 1. The molecule has 1 aromatic heterocycles. The number of carbonyl (C=O) groups excluding carboxylic acids is 1. The number of benzene rings is 1. The Balaban J connectivity index is 2.40. The molecular formula is C13H13FN4O4. The fourth-order valence-corrected chi connectivity index (χ4v) is 1.84. The number of nitrogen functional groups attached to an aromatic ring is 1. The van der Waals surface area contributed by atoms with Crippen molar-refractivity contribution in [3.63, 3.8) is 0 Å². The van der Waals surface area contributed by atoms with E-state index in [0.717, 1.165) is 12.1 Å². The van der Waals surface area contributed by atoms with Crippen LogP contribution in [0.5, 0.6) is 11.6 Å². The molecule has 22 heavy (non-hydrogen) atoms. The van der Waals surface area contributed by atoms with Gasteiger partial charge in [-0.2, -0.15) is 4.98 Å². The zero-order chi connectivity index (χ0) is 16.3. The summed E-state index contributed by atoms with van der Waals surface area (Å²) < 4.78 is 18.3. The van der Waals surface area contributed by atoms with Crippen molar-refractivity contribution in [1.82, 2.24) is 9.97 Å². The summed E-state index contributed by atoms with van der Waals surface area (Å²) in [6.45, 7) is 0. The van der Waals surface area contributed by atoms with Gasteiger partial charge in [-0.3, -0.25) is 14.6 Å². The Morgan fingerprint density at radius 2 is 2.05 bits per heavy atom. The van der Waals surface area contributed by atoms with Crippen LogP contribution in [0.15, 0.2) is 29.1 Å². The molecule has 0 saturated heterocycles. The molecule has 0 spiro atoms. The first-order valence-corrected chi connectivity index (χ1v) is 6.16. The normalized spacial score (nSPS) is 11.9. The van der Waals surface area contributed by atoms with Crippen LogP contribution in [0.1, 0.15) is 18.1 Å². The number of aromatic hydroxyl groups is 1. The molecule has 0 aliphatic heterocycles.